The lowest BCUT2D eigenvalue weighted by Gasteiger charge is -2.44. The van der Waals surface area contributed by atoms with Gasteiger partial charge in [-0.05, 0) is 174 Å². The first kappa shape index (κ1) is 49.0. The minimum absolute atomic E-state index is 0.0562. The van der Waals surface area contributed by atoms with Gasteiger partial charge in [-0.25, -0.2) is 0 Å². The number of allylic oxidation sites excluding steroid dienone is 1. The third-order valence-corrected chi connectivity index (χ3v) is 21.4. The fourth-order valence-corrected chi connectivity index (χ4v) is 16.9. The Bertz CT molecular complexity index is 1810. The first-order chi connectivity index (χ1) is 32.1. The summed E-state index contributed by atoms with van der Waals surface area (Å²) in [6.45, 7) is 11.8. The van der Waals surface area contributed by atoms with Gasteiger partial charge in [0.1, 0.15) is 11.2 Å². The Labute approximate surface area is 401 Å². The van der Waals surface area contributed by atoms with Gasteiger partial charge in [0.2, 0.25) is 0 Å². The van der Waals surface area contributed by atoms with Crippen LogP contribution in [0.1, 0.15) is 189 Å². The van der Waals surface area contributed by atoms with Gasteiger partial charge >= 0.3 is 35.8 Å². The number of hydrogen-bond donors (Lipinski definition) is 0. The van der Waals surface area contributed by atoms with Gasteiger partial charge in [-0.1, -0.05) is 92.6 Å². The molecule has 17 unspecified atom stereocenters. The van der Waals surface area contributed by atoms with Gasteiger partial charge in [0.15, 0.2) is 0 Å². The zero-order valence-electron chi connectivity index (χ0n) is 41.9. The number of cyclic esters (lactones) is 4. The Balaban J connectivity index is 0.000000126. The van der Waals surface area contributed by atoms with Gasteiger partial charge in [-0.3, -0.25) is 28.8 Å². The number of carbonyl (C=O) groups is 6. The van der Waals surface area contributed by atoms with E-state index in [0.717, 1.165) is 85.9 Å². The highest BCUT2D eigenvalue weighted by Crippen LogP contribution is 2.71. The Morgan fingerprint density at radius 2 is 1.04 bits per heavy atom. The first-order valence-electron chi connectivity index (χ1n) is 27.8. The highest BCUT2D eigenvalue weighted by molar-refractivity contribution is 5.96. The van der Waals surface area contributed by atoms with Crippen LogP contribution < -0.4 is 0 Å². The molecule has 10 nitrogen and oxygen atoms in total. The summed E-state index contributed by atoms with van der Waals surface area (Å²) in [4.78, 5) is 68.5. The van der Waals surface area contributed by atoms with Crippen molar-refractivity contribution in [1.29, 1.82) is 0 Å². The lowest BCUT2D eigenvalue weighted by atomic mass is 9.62. The number of rotatable bonds is 6. The number of esters is 6. The van der Waals surface area contributed by atoms with E-state index in [4.69, 9.17) is 9.47 Å². The molecule has 2 heterocycles. The predicted octanol–water partition coefficient (Wildman–Crippen LogP) is 11.6. The van der Waals surface area contributed by atoms with Crippen LogP contribution in [0.5, 0.6) is 0 Å². The van der Waals surface area contributed by atoms with Crippen molar-refractivity contribution in [1.82, 2.24) is 0 Å². The largest absolute Gasteiger partial charge is 0.459 e. The maximum absolute atomic E-state index is 13.5. The van der Waals surface area contributed by atoms with Crippen LogP contribution in [-0.2, 0) is 47.7 Å². The predicted molar refractivity (Wildman–Crippen MR) is 252 cm³/mol. The van der Waals surface area contributed by atoms with Gasteiger partial charge in [0, 0.05) is 5.92 Å². The topological polar surface area (TPSA) is 139 Å². The molecule has 11 fully saturated rings. The van der Waals surface area contributed by atoms with E-state index >= 15 is 0 Å². The molecule has 17 atom stereocenters. The van der Waals surface area contributed by atoms with E-state index in [2.05, 4.69) is 35.5 Å². The monoisotopic (exact) mass is 929 g/mol. The Morgan fingerprint density at radius 1 is 0.507 bits per heavy atom. The summed E-state index contributed by atoms with van der Waals surface area (Å²) in [5.74, 6) is 7.87. The van der Waals surface area contributed by atoms with Crippen LogP contribution in [0.4, 0.5) is 0 Å². The summed E-state index contributed by atoms with van der Waals surface area (Å²) < 4.78 is 21.5. The molecule has 0 amide bonds. The Hall–Kier alpha value is -3.04. The van der Waals surface area contributed by atoms with E-state index in [-0.39, 0.29) is 58.6 Å². The van der Waals surface area contributed by atoms with E-state index in [1.165, 1.54) is 109 Å². The molecule has 0 N–H and O–H groups in total. The second-order valence-electron chi connectivity index (χ2n) is 24.5. The molecule has 0 aromatic heterocycles. The van der Waals surface area contributed by atoms with E-state index in [0.29, 0.717) is 23.7 Å². The number of carbonyl (C=O) groups excluding carboxylic acids is 6. The zero-order valence-corrected chi connectivity index (χ0v) is 41.9. The fourth-order valence-electron chi connectivity index (χ4n) is 16.9. The minimum Gasteiger partial charge on any atom is -0.459 e. The van der Waals surface area contributed by atoms with Gasteiger partial charge in [-0.15, -0.1) is 0 Å². The summed E-state index contributed by atoms with van der Waals surface area (Å²) in [5, 5.41) is 0. The van der Waals surface area contributed by atoms with Crippen LogP contribution >= 0.6 is 0 Å². The van der Waals surface area contributed by atoms with Crippen molar-refractivity contribution < 1.29 is 47.7 Å². The van der Waals surface area contributed by atoms with Crippen LogP contribution in [0.3, 0.4) is 0 Å². The molecule has 67 heavy (non-hydrogen) atoms. The molecule has 10 aliphatic carbocycles. The van der Waals surface area contributed by atoms with E-state index < -0.39 is 23.9 Å². The summed E-state index contributed by atoms with van der Waals surface area (Å²) in [6.07, 6.45) is 33.7. The van der Waals surface area contributed by atoms with Crippen molar-refractivity contribution in [3.63, 3.8) is 0 Å². The SMILES string of the molecule is CC1C(=O)OC(=O)C1C.CC1C(=O)OC(=O)C1C.CC1C(C)C2CC1C1C3CC(C(=O)OC4(C5CCCCC5)C=CCC4)C(C3)C21.O=C(OC1(C2CCCCC2)CCCC1)C1CC2CCC1C2. The van der Waals surface area contributed by atoms with Gasteiger partial charge in [0.25, 0.3) is 0 Å². The maximum Gasteiger partial charge on any atom is 0.317 e. The van der Waals surface area contributed by atoms with Crippen molar-refractivity contribution in [3.8, 4) is 0 Å². The second kappa shape index (κ2) is 20.0. The van der Waals surface area contributed by atoms with E-state index in [1.54, 1.807) is 27.7 Å². The van der Waals surface area contributed by atoms with Crippen molar-refractivity contribution in [3.05, 3.63) is 12.2 Å². The highest BCUT2D eigenvalue weighted by atomic mass is 16.6. The number of ether oxygens (including phenoxy) is 4. The van der Waals surface area contributed by atoms with Crippen molar-refractivity contribution in [2.75, 3.05) is 0 Å². The van der Waals surface area contributed by atoms with Crippen LogP contribution in [0.15, 0.2) is 12.2 Å². The lowest BCUT2D eigenvalue weighted by Crippen LogP contribution is -2.45. The molecule has 0 radical (unpaired) electrons. The summed E-state index contributed by atoms with van der Waals surface area (Å²) in [6, 6.07) is 0. The van der Waals surface area contributed by atoms with Crippen molar-refractivity contribution >= 4 is 35.8 Å². The smallest absolute Gasteiger partial charge is 0.317 e. The molecule has 372 valence electrons. The molecule has 0 aromatic rings. The molecule has 9 saturated carbocycles. The standard InChI is InChI=1S/C26H38O2.C19H30O2.2C6H8O3/c1-15-16(2)20-14-19(15)23-17-12-21(24(20)23)22(13-17)25(27)28-26(10-6-7-11-26)18-8-4-3-5-9-18;20-18(17-13-14-8-9-15(17)12-14)21-19(10-4-5-11-19)16-6-2-1-3-7-16;2*1-3-4(2)6(8)9-5(3)7/h6,10,15-24H,3-5,7-9,11-14H2,1-2H3;14-17H,1-13H2;2*3-4H,1-2H3. The second-order valence-corrected chi connectivity index (χ2v) is 24.5. The molecule has 12 aliphatic rings. The summed E-state index contributed by atoms with van der Waals surface area (Å²) in [5.41, 5.74) is -0.311. The summed E-state index contributed by atoms with van der Waals surface area (Å²) >= 11 is 0. The Kier molecular flexibility index (Phi) is 14.6. The number of fused-ring (bicyclic) bond motifs is 11. The highest BCUT2D eigenvalue weighted by Gasteiger charge is 2.67. The fraction of sp³-hybridized carbons (Fsp3) is 0.860. The maximum atomic E-state index is 13.5. The zero-order chi connectivity index (χ0) is 47.4. The van der Waals surface area contributed by atoms with Crippen molar-refractivity contribution in [2.24, 2.45) is 107 Å². The summed E-state index contributed by atoms with van der Waals surface area (Å²) in [7, 11) is 0. The molecule has 10 heteroatoms. The molecule has 6 bridgehead atoms. The number of hydrogen-bond acceptors (Lipinski definition) is 10. The quantitative estimate of drug-likeness (QED) is 0.0831. The normalized spacial score (nSPS) is 44.3. The van der Waals surface area contributed by atoms with Crippen LogP contribution in [0.25, 0.3) is 0 Å². The molecular weight excluding hydrogens is 845 g/mol. The molecule has 2 aliphatic heterocycles. The first-order valence-corrected chi connectivity index (χ1v) is 27.8. The molecule has 12 rings (SSSR count). The van der Waals surface area contributed by atoms with Crippen molar-refractivity contribution in [2.45, 2.75) is 200 Å². The van der Waals surface area contributed by atoms with E-state index in [9.17, 15) is 28.8 Å². The lowest BCUT2D eigenvalue weighted by molar-refractivity contribution is -0.174. The molecule has 0 aromatic carbocycles. The van der Waals surface area contributed by atoms with E-state index in [1.807, 2.05) is 0 Å². The van der Waals surface area contributed by atoms with Crippen LogP contribution in [0.2, 0.25) is 0 Å². The van der Waals surface area contributed by atoms with Crippen LogP contribution in [0, 0.1) is 107 Å². The Morgan fingerprint density at radius 3 is 1.52 bits per heavy atom. The average molecular weight is 929 g/mol. The minimum atomic E-state index is -0.396. The van der Waals surface area contributed by atoms with Crippen LogP contribution in [-0.4, -0.2) is 47.0 Å². The average Bonchev–Trinajstić information content (AvgIpc) is 4.21. The third kappa shape index (κ3) is 9.38. The van der Waals surface area contributed by atoms with Gasteiger partial charge in [0.05, 0.1) is 35.5 Å². The van der Waals surface area contributed by atoms with Gasteiger partial charge in [-0.2, -0.15) is 0 Å². The van der Waals surface area contributed by atoms with Gasteiger partial charge < -0.3 is 18.9 Å². The molecule has 2 saturated heterocycles. The molecule has 0 spiro atoms. The third-order valence-electron chi connectivity index (χ3n) is 21.4. The molecular formula is C57H84O10.